The number of hydrogen-bond donors (Lipinski definition) is 0. The van der Waals surface area contributed by atoms with Gasteiger partial charge in [0.2, 0.25) is 0 Å². The standard InChI is InChI=1S/C18H17ClF2N2O/c19-14-5-6-17(21)15(11-14)18(24)23-9-7-22(8-10-23)12-13-3-1-2-4-16(13)20/h1-6,11H,7-10,12H2. The highest BCUT2D eigenvalue weighted by Crippen LogP contribution is 2.18. The number of rotatable bonds is 3. The van der Waals surface area contributed by atoms with Crippen molar-refractivity contribution in [2.24, 2.45) is 0 Å². The minimum Gasteiger partial charge on any atom is -0.336 e. The zero-order chi connectivity index (χ0) is 17.1. The first kappa shape index (κ1) is 16.9. The van der Waals surface area contributed by atoms with Crippen molar-refractivity contribution in [3.05, 3.63) is 70.2 Å². The van der Waals surface area contributed by atoms with Gasteiger partial charge in [0.25, 0.3) is 5.91 Å². The fourth-order valence-electron chi connectivity index (χ4n) is 2.81. The van der Waals surface area contributed by atoms with Crippen LogP contribution < -0.4 is 0 Å². The van der Waals surface area contributed by atoms with E-state index in [1.54, 1.807) is 23.1 Å². The molecule has 1 saturated heterocycles. The maximum absolute atomic E-state index is 13.8. The summed E-state index contributed by atoms with van der Waals surface area (Å²) in [6.07, 6.45) is 0. The molecule has 0 N–H and O–H groups in total. The highest BCUT2D eigenvalue weighted by molar-refractivity contribution is 6.31. The number of hydrogen-bond acceptors (Lipinski definition) is 2. The second-order valence-electron chi connectivity index (χ2n) is 5.78. The first-order valence-electron chi connectivity index (χ1n) is 7.74. The van der Waals surface area contributed by atoms with Gasteiger partial charge in [-0.2, -0.15) is 0 Å². The molecule has 0 saturated carbocycles. The van der Waals surface area contributed by atoms with Crippen molar-refractivity contribution in [3.63, 3.8) is 0 Å². The monoisotopic (exact) mass is 350 g/mol. The molecule has 0 radical (unpaired) electrons. The Labute approximate surface area is 144 Å². The molecule has 1 aliphatic rings. The topological polar surface area (TPSA) is 23.6 Å². The van der Waals surface area contributed by atoms with Gasteiger partial charge in [-0.3, -0.25) is 9.69 Å². The van der Waals surface area contributed by atoms with Gasteiger partial charge in [0.1, 0.15) is 11.6 Å². The van der Waals surface area contributed by atoms with E-state index in [0.717, 1.165) is 0 Å². The van der Waals surface area contributed by atoms with Crippen LogP contribution in [0.25, 0.3) is 0 Å². The van der Waals surface area contributed by atoms with E-state index in [1.807, 2.05) is 0 Å². The normalized spacial score (nSPS) is 15.5. The average Bonchev–Trinajstić information content (AvgIpc) is 2.59. The highest BCUT2D eigenvalue weighted by atomic mass is 35.5. The van der Waals surface area contributed by atoms with Gasteiger partial charge in [0, 0.05) is 43.3 Å². The molecule has 1 fully saturated rings. The van der Waals surface area contributed by atoms with Crippen molar-refractivity contribution in [2.75, 3.05) is 26.2 Å². The maximum atomic E-state index is 13.8. The molecule has 1 amide bonds. The Hall–Kier alpha value is -1.98. The van der Waals surface area contributed by atoms with Crippen molar-refractivity contribution in [1.82, 2.24) is 9.80 Å². The van der Waals surface area contributed by atoms with Gasteiger partial charge in [-0.25, -0.2) is 8.78 Å². The van der Waals surface area contributed by atoms with E-state index in [0.29, 0.717) is 43.3 Å². The maximum Gasteiger partial charge on any atom is 0.256 e. The van der Waals surface area contributed by atoms with Gasteiger partial charge in [-0.15, -0.1) is 0 Å². The summed E-state index contributed by atoms with van der Waals surface area (Å²) >= 11 is 5.85. The Bertz CT molecular complexity index is 746. The van der Waals surface area contributed by atoms with Crippen molar-refractivity contribution >= 4 is 17.5 Å². The predicted molar refractivity (Wildman–Crippen MR) is 89.0 cm³/mol. The second-order valence-corrected chi connectivity index (χ2v) is 6.22. The first-order valence-corrected chi connectivity index (χ1v) is 8.12. The quantitative estimate of drug-likeness (QED) is 0.844. The summed E-state index contributed by atoms with van der Waals surface area (Å²) in [7, 11) is 0. The number of benzene rings is 2. The van der Waals surface area contributed by atoms with E-state index in [1.165, 1.54) is 24.3 Å². The van der Waals surface area contributed by atoms with Crippen LogP contribution in [0.2, 0.25) is 5.02 Å². The number of nitrogens with zero attached hydrogens (tertiary/aromatic N) is 2. The molecule has 0 bridgehead atoms. The van der Waals surface area contributed by atoms with E-state index in [4.69, 9.17) is 11.6 Å². The fourth-order valence-corrected chi connectivity index (χ4v) is 2.98. The SMILES string of the molecule is O=C(c1cc(Cl)ccc1F)N1CCN(Cc2ccccc2F)CC1. The third-order valence-corrected chi connectivity index (χ3v) is 4.41. The van der Waals surface area contributed by atoms with Crippen molar-refractivity contribution in [3.8, 4) is 0 Å². The van der Waals surface area contributed by atoms with Gasteiger partial charge in [-0.05, 0) is 24.3 Å². The van der Waals surface area contributed by atoms with Crippen molar-refractivity contribution < 1.29 is 13.6 Å². The van der Waals surface area contributed by atoms with Gasteiger partial charge >= 0.3 is 0 Å². The third kappa shape index (κ3) is 3.74. The molecule has 1 aliphatic heterocycles. The minimum absolute atomic E-state index is 0.00921. The van der Waals surface area contributed by atoms with Crippen LogP contribution in [-0.4, -0.2) is 41.9 Å². The van der Waals surface area contributed by atoms with Crippen LogP contribution in [0.15, 0.2) is 42.5 Å². The third-order valence-electron chi connectivity index (χ3n) is 4.17. The summed E-state index contributed by atoms with van der Waals surface area (Å²) in [6, 6.07) is 10.6. The highest BCUT2D eigenvalue weighted by Gasteiger charge is 2.24. The summed E-state index contributed by atoms with van der Waals surface area (Å²) < 4.78 is 27.5. The van der Waals surface area contributed by atoms with Crippen molar-refractivity contribution in [2.45, 2.75) is 6.54 Å². The van der Waals surface area contributed by atoms with Gasteiger partial charge in [-0.1, -0.05) is 29.8 Å². The van der Waals surface area contributed by atoms with E-state index >= 15 is 0 Å². The van der Waals surface area contributed by atoms with E-state index < -0.39 is 5.82 Å². The molecule has 0 atom stereocenters. The molecular weight excluding hydrogens is 334 g/mol. The summed E-state index contributed by atoms with van der Waals surface area (Å²) in [5, 5.41) is 0.331. The Morgan fingerprint density at radius 1 is 1.00 bits per heavy atom. The fraction of sp³-hybridized carbons (Fsp3) is 0.278. The van der Waals surface area contributed by atoms with Crippen LogP contribution in [0.1, 0.15) is 15.9 Å². The Kier molecular flexibility index (Phi) is 5.11. The number of piperazine rings is 1. The largest absolute Gasteiger partial charge is 0.336 e. The lowest BCUT2D eigenvalue weighted by atomic mass is 10.1. The van der Waals surface area contributed by atoms with Crippen LogP contribution in [0, 0.1) is 11.6 Å². The number of amides is 1. The minimum atomic E-state index is -0.571. The first-order chi connectivity index (χ1) is 11.5. The molecule has 2 aromatic carbocycles. The zero-order valence-electron chi connectivity index (χ0n) is 13.0. The van der Waals surface area contributed by atoms with Crippen LogP contribution in [0.3, 0.4) is 0 Å². The summed E-state index contributed by atoms with van der Waals surface area (Å²) in [5.74, 6) is -1.16. The van der Waals surface area contributed by atoms with Gasteiger partial charge in [0.05, 0.1) is 5.56 Å². The zero-order valence-corrected chi connectivity index (χ0v) is 13.8. The molecule has 3 nitrogen and oxygen atoms in total. The summed E-state index contributed by atoms with van der Waals surface area (Å²) in [4.78, 5) is 16.1. The van der Waals surface area contributed by atoms with Crippen LogP contribution in [-0.2, 0) is 6.54 Å². The number of carbonyl (C=O) groups is 1. The molecule has 1 heterocycles. The molecule has 2 aromatic rings. The van der Waals surface area contributed by atoms with Gasteiger partial charge in [0.15, 0.2) is 0 Å². The Morgan fingerprint density at radius 3 is 2.42 bits per heavy atom. The molecule has 6 heteroatoms. The summed E-state index contributed by atoms with van der Waals surface area (Å²) in [6.45, 7) is 2.67. The van der Waals surface area contributed by atoms with Crippen LogP contribution in [0.4, 0.5) is 8.78 Å². The average molecular weight is 351 g/mol. The smallest absolute Gasteiger partial charge is 0.256 e. The molecule has 3 rings (SSSR count). The molecule has 126 valence electrons. The molecule has 0 aromatic heterocycles. The van der Waals surface area contributed by atoms with Crippen LogP contribution >= 0.6 is 11.6 Å². The van der Waals surface area contributed by atoms with Gasteiger partial charge < -0.3 is 4.90 Å². The van der Waals surface area contributed by atoms with E-state index in [9.17, 15) is 13.6 Å². The predicted octanol–water partition coefficient (Wildman–Crippen LogP) is 3.58. The molecule has 24 heavy (non-hydrogen) atoms. The lowest BCUT2D eigenvalue weighted by Gasteiger charge is -2.34. The van der Waals surface area contributed by atoms with E-state index in [2.05, 4.69) is 4.90 Å². The molecule has 0 unspecified atom stereocenters. The lowest BCUT2D eigenvalue weighted by molar-refractivity contribution is 0.0622. The van der Waals surface area contributed by atoms with Crippen molar-refractivity contribution in [1.29, 1.82) is 0 Å². The lowest BCUT2D eigenvalue weighted by Crippen LogP contribution is -2.48. The molecular formula is C18H17ClF2N2O. The Balaban J connectivity index is 1.61. The van der Waals surface area contributed by atoms with E-state index in [-0.39, 0.29) is 17.3 Å². The van der Waals surface area contributed by atoms with Crippen LogP contribution in [0.5, 0.6) is 0 Å². The molecule has 0 aliphatic carbocycles. The summed E-state index contributed by atoms with van der Waals surface area (Å²) in [5.41, 5.74) is 0.628. The second kappa shape index (κ2) is 7.28. The molecule has 0 spiro atoms. The number of carbonyl (C=O) groups excluding carboxylic acids is 1. The number of halogens is 3. The Morgan fingerprint density at radius 2 is 1.71 bits per heavy atom.